The van der Waals surface area contributed by atoms with E-state index < -0.39 is 0 Å². The van der Waals surface area contributed by atoms with Crippen LogP contribution in [0.3, 0.4) is 0 Å². The van der Waals surface area contributed by atoms with E-state index in [0.29, 0.717) is 45.0 Å². The fourth-order valence-corrected chi connectivity index (χ4v) is 3.80. The fraction of sp³-hybridized carbons (Fsp3) is 0. The predicted molar refractivity (Wildman–Crippen MR) is 133 cm³/mol. The van der Waals surface area contributed by atoms with E-state index in [1.807, 2.05) is 30.3 Å². The molecule has 0 aliphatic carbocycles. The number of oxazole rings is 1. The van der Waals surface area contributed by atoms with Gasteiger partial charge >= 0.3 is 0 Å². The summed E-state index contributed by atoms with van der Waals surface area (Å²) in [5.41, 5.74) is 5.08. The van der Waals surface area contributed by atoms with Gasteiger partial charge in [0, 0.05) is 22.5 Å². The van der Waals surface area contributed by atoms with Gasteiger partial charge in [-0.3, -0.25) is 0 Å². The van der Waals surface area contributed by atoms with Gasteiger partial charge in [-0.15, -0.1) is 0 Å². The number of aromatic amines is 1. The zero-order valence-corrected chi connectivity index (χ0v) is 18.7. The van der Waals surface area contributed by atoms with Gasteiger partial charge in [-0.25, -0.2) is 9.97 Å². The third-order valence-electron chi connectivity index (χ3n) is 5.38. The van der Waals surface area contributed by atoms with Crippen molar-refractivity contribution in [2.45, 2.75) is 0 Å². The Balaban J connectivity index is 1.28. The number of hydrogen-bond donors (Lipinski definition) is 2. The molecule has 0 unspecified atom stereocenters. The summed E-state index contributed by atoms with van der Waals surface area (Å²) in [6.45, 7) is 0. The number of nitrogens with one attached hydrogen (secondary N) is 2. The SMILES string of the molecule is N#Cc1ccc(-c2cc3c(Oc4ccc5oc(Nc6ccc(Cl)cc6)nc5c4)ncnc3[nH]2)cc1. The summed E-state index contributed by atoms with van der Waals surface area (Å²) < 4.78 is 11.9. The average molecular weight is 479 g/mol. The van der Waals surface area contributed by atoms with Crippen molar-refractivity contribution in [2.24, 2.45) is 0 Å². The van der Waals surface area contributed by atoms with Crippen molar-refractivity contribution in [3.63, 3.8) is 0 Å². The monoisotopic (exact) mass is 478 g/mol. The third-order valence-corrected chi connectivity index (χ3v) is 5.64. The molecule has 0 atom stereocenters. The van der Waals surface area contributed by atoms with E-state index in [1.54, 1.807) is 42.5 Å². The minimum atomic E-state index is 0.363. The summed E-state index contributed by atoms with van der Waals surface area (Å²) in [7, 11) is 0. The van der Waals surface area contributed by atoms with Crippen molar-refractivity contribution in [2.75, 3.05) is 5.32 Å². The third kappa shape index (κ3) is 4.12. The van der Waals surface area contributed by atoms with Crippen molar-refractivity contribution in [3.05, 3.63) is 89.7 Å². The molecule has 0 aliphatic heterocycles. The normalized spacial score (nSPS) is 11.0. The van der Waals surface area contributed by atoms with Gasteiger partial charge in [-0.05, 0) is 60.2 Å². The van der Waals surface area contributed by atoms with Crippen molar-refractivity contribution < 1.29 is 9.15 Å². The van der Waals surface area contributed by atoms with E-state index in [4.69, 9.17) is 26.0 Å². The van der Waals surface area contributed by atoms with Crippen LogP contribution in [0.4, 0.5) is 11.7 Å². The summed E-state index contributed by atoms with van der Waals surface area (Å²) in [6.07, 6.45) is 1.44. The summed E-state index contributed by atoms with van der Waals surface area (Å²) in [4.78, 5) is 16.4. The van der Waals surface area contributed by atoms with Crippen LogP contribution in [-0.2, 0) is 0 Å². The number of fused-ring (bicyclic) bond motifs is 2. The molecule has 6 aromatic rings. The first-order valence-electron chi connectivity index (χ1n) is 10.6. The molecule has 8 nitrogen and oxygen atoms in total. The van der Waals surface area contributed by atoms with Crippen molar-refractivity contribution in [1.82, 2.24) is 19.9 Å². The highest BCUT2D eigenvalue weighted by molar-refractivity contribution is 6.30. The summed E-state index contributed by atoms with van der Waals surface area (Å²) >= 11 is 5.94. The smallest absolute Gasteiger partial charge is 0.300 e. The molecule has 6 rings (SSSR count). The second-order valence-corrected chi connectivity index (χ2v) is 8.13. The van der Waals surface area contributed by atoms with Crippen LogP contribution < -0.4 is 10.1 Å². The highest BCUT2D eigenvalue weighted by atomic mass is 35.5. The Morgan fingerprint density at radius 1 is 0.971 bits per heavy atom. The number of rotatable bonds is 5. The number of hydrogen-bond acceptors (Lipinski definition) is 7. The molecule has 0 radical (unpaired) electrons. The number of aromatic nitrogens is 4. The number of halogens is 1. The van der Waals surface area contributed by atoms with Crippen molar-refractivity contribution in [3.8, 4) is 29.0 Å². The van der Waals surface area contributed by atoms with Gasteiger partial charge < -0.3 is 19.5 Å². The molecule has 3 aromatic carbocycles. The molecule has 0 bridgehead atoms. The highest BCUT2D eigenvalue weighted by Gasteiger charge is 2.13. The van der Waals surface area contributed by atoms with E-state index in [1.165, 1.54) is 6.33 Å². The Hall–Kier alpha value is -4.87. The first-order chi connectivity index (χ1) is 17.1. The summed E-state index contributed by atoms with van der Waals surface area (Å²) in [6, 6.07) is 24.3. The first kappa shape index (κ1) is 20.7. The minimum Gasteiger partial charge on any atom is -0.438 e. The van der Waals surface area contributed by atoms with E-state index in [-0.39, 0.29) is 0 Å². The van der Waals surface area contributed by atoms with Gasteiger partial charge in [0.05, 0.1) is 17.0 Å². The van der Waals surface area contributed by atoms with Crippen LogP contribution in [0.25, 0.3) is 33.4 Å². The molecule has 0 fully saturated rings. The Labute approximate surface area is 203 Å². The Morgan fingerprint density at radius 2 is 1.80 bits per heavy atom. The molecule has 35 heavy (non-hydrogen) atoms. The zero-order chi connectivity index (χ0) is 23.8. The van der Waals surface area contributed by atoms with Crippen LogP contribution in [-0.4, -0.2) is 19.9 Å². The second-order valence-electron chi connectivity index (χ2n) is 7.70. The maximum Gasteiger partial charge on any atom is 0.300 e. The van der Waals surface area contributed by atoms with Gasteiger partial charge in [-0.1, -0.05) is 23.7 Å². The van der Waals surface area contributed by atoms with Crippen LogP contribution in [0.15, 0.2) is 83.5 Å². The molecule has 0 saturated heterocycles. The van der Waals surface area contributed by atoms with E-state index >= 15 is 0 Å². The molecule has 0 amide bonds. The summed E-state index contributed by atoms with van der Waals surface area (Å²) in [5.74, 6) is 0.971. The molecule has 0 saturated carbocycles. The molecular weight excluding hydrogens is 464 g/mol. The maximum absolute atomic E-state index is 9.02. The largest absolute Gasteiger partial charge is 0.438 e. The number of nitriles is 1. The van der Waals surface area contributed by atoms with Gasteiger partial charge in [0.1, 0.15) is 23.2 Å². The van der Waals surface area contributed by atoms with Crippen molar-refractivity contribution >= 4 is 45.4 Å². The molecule has 0 spiro atoms. The standard InChI is InChI=1S/C26H15ClN6O2/c27-17-5-7-18(8-6-17)31-26-33-22-11-19(9-10-23(22)35-26)34-25-20-12-21(32-24(20)29-14-30-25)16-3-1-15(13-28)2-4-16/h1-12,14H,(H,31,33)(H,29,30,32). The molecule has 2 N–H and O–H groups in total. The van der Waals surface area contributed by atoms with Crippen LogP contribution in [0.5, 0.6) is 11.6 Å². The van der Waals surface area contributed by atoms with Crippen LogP contribution >= 0.6 is 11.6 Å². The highest BCUT2D eigenvalue weighted by Crippen LogP contribution is 2.32. The average Bonchev–Trinajstić information content (AvgIpc) is 3.50. The lowest BCUT2D eigenvalue weighted by Gasteiger charge is -2.04. The number of nitrogens with zero attached hydrogens (tertiary/aromatic N) is 4. The van der Waals surface area contributed by atoms with E-state index in [2.05, 4.69) is 31.3 Å². The van der Waals surface area contributed by atoms with Gasteiger partial charge in [-0.2, -0.15) is 10.2 Å². The second kappa shape index (κ2) is 8.48. The lowest BCUT2D eigenvalue weighted by atomic mass is 10.1. The molecule has 9 heteroatoms. The van der Waals surface area contributed by atoms with Gasteiger partial charge in [0.2, 0.25) is 5.88 Å². The Bertz CT molecular complexity index is 1720. The van der Waals surface area contributed by atoms with Crippen molar-refractivity contribution in [1.29, 1.82) is 5.26 Å². The van der Waals surface area contributed by atoms with Gasteiger partial charge in [0.25, 0.3) is 6.01 Å². The molecule has 3 heterocycles. The van der Waals surface area contributed by atoms with Crippen LogP contribution in [0.2, 0.25) is 5.02 Å². The predicted octanol–water partition coefficient (Wildman–Crippen LogP) is 6.83. The lowest BCUT2D eigenvalue weighted by molar-refractivity contribution is 0.468. The minimum absolute atomic E-state index is 0.363. The Morgan fingerprint density at radius 3 is 2.60 bits per heavy atom. The summed E-state index contributed by atoms with van der Waals surface area (Å²) in [5, 5.41) is 13.5. The van der Waals surface area contributed by atoms with E-state index in [0.717, 1.165) is 22.3 Å². The van der Waals surface area contributed by atoms with Crippen LogP contribution in [0, 0.1) is 11.3 Å². The van der Waals surface area contributed by atoms with Gasteiger partial charge in [0.15, 0.2) is 5.58 Å². The number of ether oxygens (including phenoxy) is 1. The topological polar surface area (TPSA) is 113 Å². The first-order valence-corrected chi connectivity index (χ1v) is 11.0. The number of benzene rings is 3. The molecule has 168 valence electrons. The Kier molecular flexibility index (Phi) is 5.02. The molecule has 0 aliphatic rings. The number of H-pyrrole nitrogens is 1. The van der Waals surface area contributed by atoms with Crippen LogP contribution in [0.1, 0.15) is 5.56 Å². The molecule has 3 aromatic heterocycles. The lowest BCUT2D eigenvalue weighted by Crippen LogP contribution is -1.90. The number of anilines is 2. The maximum atomic E-state index is 9.02. The van der Waals surface area contributed by atoms with E-state index in [9.17, 15) is 0 Å². The molecular formula is C26H15ClN6O2. The zero-order valence-electron chi connectivity index (χ0n) is 18.0. The quantitative estimate of drug-likeness (QED) is 0.279. The fourth-order valence-electron chi connectivity index (χ4n) is 3.67.